The molecule has 10 heteroatoms. The highest BCUT2D eigenvalue weighted by Gasteiger charge is 2.36. The van der Waals surface area contributed by atoms with Crippen LogP contribution in [0.3, 0.4) is 0 Å². The first kappa shape index (κ1) is 24.3. The number of rotatable bonds is 4. The third-order valence-electron chi connectivity index (χ3n) is 5.57. The van der Waals surface area contributed by atoms with Crippen LogP contribution in [0.25, 0.3) is 11.8 Å². The monoisotopic (exact) mass is 511 g/mol. The van der Waals surface area contributed by atoms with Gasteiger partial charge in [-0.05, 0) is 74.1 Å². The van der Waals surface area contributed by atoms with E-state index in [1.165, 1.54) is 31.4 Å². The SMILES string of the molecule is COC(=O)c1ccc(Cl)c(-n2c(C)cc(/C=C3\C(=O)NC(=S)N(c4ccccc4F)C3=O)c2C)c1. The van der Waals surface area contributed by atoms with Crippen LogP contribution in [0.5, 0.6) is 0 Å². The van der Waals surface area contributed by atoms with Gasteiger partial charge in [-0.25, -0.2) is 14.1 Å². The second kappa shape index (κ2) is 9.44. The van der Waals surface area contributed by atoms with Crippen molar-refractivity contribution >= 4 is 58.5 Å². The van der Waals surface area contributed by atoms with Crippen LogP contribution in [0.1, 0.15) is 27.3 Å². The minimum atomic E-state index is -0.751. The second-order valence-corrected chi connectivity index (χ2v) is 8.52. The standard InChI is InChI=1S/C25H19ClFN3O4S/c1-13-10-16(14(2)29(13)21-12-15(24(33)34-3)8-9-18(21)26)11-17-22(31)28-25(35)30(23(17)32)20-7-5-4-6-19(20)27/h4-12H,1-3H3,(H,28,31,35)/b17-11+. The Morgan fingerprint density at radius 3 is 2.51 bits per heavy atom. The highest BCUT2D eigenvalue weighted by molar-refractivity contribution is 7.80. The lowest BCUT2D eigenvalue weighted by Gasteiger charge is -2.29. The number of benzene rings is 2. The van der Waals surface area contributed by atoms with Gasteiger partial charge in [-0.1, -0.05) is 23.7 Å². The number of carbonyl (C=O) groups is 3. The van der Waals surface area contributed by atoms with E-state index in [0.717, 1.165) is 10.6 Å². The van der Waals surface area contributed by atoms with Gasteiger partial charge in [-0.15, -0.1) is 0 Å². The number of hydrogen-bond donors (Lipinski definition) is 1. The van der Waals surface area contributed by atoms with Gasteiger partial charge in [0.05, 0.1) is 29.1 Å². The van der Waals surface area contributed by atoms with E-state index in [4.69, 9.17) is 28.6 Å². The first-order chi connectivity index (χ1) is 16.6. The molecule has 0 atom stereocenters. The highest BCUT2D eigenvalue weighted by atomic mass is 35.5. The van der Waals surface area contributed by atoms with Gasteiger partial charge in [0.15, 0.2) is 5.11 Å². The molecule has 1 aliphatic heterocycles. The average Bonchev–Trinajstić information content (AvgIpc) is 3.10. The van der Waals surface area contributed by atoms with Crippen LogP contribution in [-0.4, -0.2) is 34.6 Å². The lowest BCUT2D eigenvalue weighted by atomic mass is 10.1. The van der Waals surface area contributed by atoms with Gasteiger partial charge in [0.25, 0.3) is 11.8 Å². The number of aromatic nitrogens is 1. The molecule has 35 heavy (non-hydrogen) atoms. The van der Waals surface area contributed by atoms with Crippen LogP contribution in [0.4, 0.5) is 10.1 Å². The van der Waals surface area contributed by atoms with Gasteiger partial charge < -0.3 is 9.30 Å². The summed E-state index contributed by atoms with van der Waals surface area (Å²) in [6.45, 7) is 3.60. The Hall–Kier alpha value is -3.82. The van der Waals surface area contributed by atoms with Gasteiger partial charge >= 0.3 is 5.97 Å². The first-order valence-corrected chi connectivity index (χ1v) is 11.2. The second-order valence-electron chi connectivity index (χ2n) is 7.73. The number of nitrogens with one attached hydrogen (secondary N) is 1. The molecule has 0 bridgehead atoms. The molecule has 7 nitrogen and oxygen atoms in total. The maximum absolute atomic E-state index is 14.4. The predicted octanol–water partition coefficient (Wildman–Crippen LogP) is 4.50. The summed E-state index contributed by atoms with van der Waals surface area (Å²) < 4.78 is 21.0. The minimum absolute atomic E-state index is 0.0646. The molecule has 3 aromatic rings. The molecule has 1 saturated heterocycles. The molecular formula is C25H19ClFN3O4S. The van der Waals surface area contributed by atoms with Crippen LogP contribution in [0.15, 0.2) is 54.1 Å². The topological polar surface area (TPSA) is 80.6 Å². The number of aryl methyl sites for hydroxylation is 1. The minimum Gasteiger partial charge on any atom is -0.465 e. The Morgan fingerprint density at radius 1 is 1.11 bits per heavy atom. The largest absolute Gasteiger partial charge is 0.465 e. The Morgan fingerprint density at radius 2 is 1.83 bits per heavy atom. The fourth-order valence-corrected chi connectivity index (χ4v) is 4.37. The molecule has 1 aromatic heterocycles. The zero-order valence-corrected chi connectivity index (χ0v) is 20.5. The van der Waals surface area contributed by atoms with Crippen LogP contribution in [-0.2, 0) is 14.3 Å². The van der Waals surface area contributed by atoms with Gasteiger partial charge in [0.1, 0.15) is 11.4 Å². The molecule has 0 saturated carbocycles. The lowest BCUT2D eigenvalue weighted by Crippen LogP contribution is -2.54. The van der Waals surface area contributed by atoms with Crippen molar-refractivity contribution in [3.63, 3.8) is 0 Å². The van der Waals surface area contributed by atoms with Crippen molar-refractivity contribution in [1.82, 2.24) is 9.88 Å². The molecule has 2 amide bonds. The number of anilines is 1. The summed E-state index contributed by atoms with van der Waals surface area (Å²) in [5.74, 6) is -2.61. The van der Waals surface area contributed by atoms with Crippen molar-refractivity contribution in [2.24, 2.45) is 0 Å². The van der Waals surface area contributed by atoms with Crippen LogP contribution in [0, 0.1) is 19.7 Å². The Labute approximate surface area is 210 Å². The number of methoxy groups -OCH3 is 1. The van der Waals surface area contributed by atoms with E-state index in [1.807, 2.05) is 6.92 Å². The van der Waals surface area contributed by atoms with Crippen molar-refractivity contribution in [2.45, 2.75) is 13.8 Å². The molecular weight excluding hydrogens is 493 g/mol. The van der Waals surface area contributed by atoms with Crippen molar-refractivity contribution in [3.05, 3.63) is 87.5 Å². The van der Waals surface area contributed by atoms with E-state index in [9.17, 15) is 18.8 Å². The van der Waals surface area contributed by atoms with Crippen LogP contribution >= 0.6 is 23.8 Å². The third kappa shape index (κ3) is 4.36. The Balaban J connectivity index is 1.80. The van der Waals surface area contributed by atoms with Crippen molar-refractivity contribution < 1.29 is 23.5 Å². The number of esters is 1. The molecule has 178 valence electrons. The zero-order chi connectivity index (χ0) is 25.4. The summed E-state index contributed by atoms with van der Waals surface area (Å²) in [6.07, 6.45) is 1.42. The van der Waals surface area contributed by atoms with Gasteiger partial charge in [-0.3, -0.25) is 14.9 Å². The van der Waals surface area contributed by atoms with E-state index in [2.05, 4.69) is 5.32 Å². The smallest absolute Gasteiger partial charge is 0.337 e. The fourth-order valence-electron chi connectivity index (χ4n) is 3.90. The summed E-state index contributed by atoms with van der Waals surface area (Å²) in [7, 11) is 1.29. The fraction of sp³-hybridized carbons (Fsp3) is 0.120. The summed E-state index contributed by atoms with van der Waals surface area (Å²) in [4.78, 5) is 38.9. The molecule has 2 heterocycles. The normalized spacial score (nSPS) is 14.9. The summed E-state index contributed by atoms with van der Waals surface area (Å²) >= 11 is 11.6. The third-order valence-corrected chi connectivity index (χ3v) is 6.18. The molecule has 2 aromatic carbocycles. The number of thiocarbonyl (C=S) groups is 1. The molecule has 0 spiro atoms. The van der Waals surface area contributed by atoms with E-state index in [-0.39, 0.29) is 16.4 Å². The van der Waals surface area contributed by atoms with Gasteiger partial charge in [-0.2, -0.15) is 0 Å². The van der Waals surface area contributed by atoms with Crippen molar-refractivity contribution in [1.29, 1.82) is 0 Å². The Kier molecular flexibility index (Phi) is 6.56. The molecule has 4 rings (SSSR count). The molecule has 0 aliphatic carbocycles. The number of nitrogens with zero attached hydrogens (tertiary/aromatic N) is 2. The van der Waals surface area contributed by atoms with Crippen LogP contribution in [0.2, 0.25) is 5.02 Å². The number of carbonyl (C=O) groups excluding carboxylic acids is 3. The molecule has 0 unspecified atom stereocenters. The summed E-state index contributed by atoms with van der Waals surface area (Å²) in [5.41, 5.74) is 2.52. The summed E-state index contributed by atoms with van der Waals surface area (Å²) in [6, 6.07) is 12.2. The van der Waals surface area contributed by atoms with E-state index >= 15 is 0 Å². The number of halogens is 2. The zero-order valence-electron chi connectivity index (χ0n) is 18.9. The van der Waals surface area contributed by atoms with Crippen molar-refractivity contribution in [2.75, 3.05) is 12.0 Å². The first-order valence-electron chi connectivity index (χ1n) is 10.4. The Bertz CT molecular complexity index is 1450. The lowest BCUT2D eigenvalue weighted by molar-refractivity contribution is -0.122. The quantitative estimate of drug-likeness (QED) is 0.241. The average molecular weight is 512 g/mol. The van der Waals surface area contributed by atoms with Crippen LogP contribution < -0.4 is 10.2 Å². The van der Waals surface area contributed by atoms with E-state index in [0.29, 0.717) is 27.5 Å². The van der Waals surface area contributed by atoms with Gasteiger partial charge in [0.2, 0.25) is 0 Å². The van der Waals surface area contributed by atoms with E-state index < -0.39 is 23.6 Å². The maximum Gasteiger partial charge on any atom is 0.337 e. The highest BCUT2D eigenvalue weighted by Crippen LogP contribution is 2.30. The molecule has 1 fully saturated rings. The molecule has 1 N–H and O–H groups in total. The summed E-state index contributed by atoms with van der Waals surface area (Å²) in [5, 5.41) is 2.63. The van der Waals surface area contributed by atoms with E-state index in [1.54, 1.807) is 41.8 Å². The van der Waals surface area contributed by atoms with Gasteiger partial charge in [0, 0.05) is 11.4 Å². The number of amides is 2. The maximum atomic E-state index is 14.4. The number of ether oxygens (including phenoxy) is 1. The number of hydrogen-bond acceptors (Lipinski definition) is 5. The predicted molar refractivity (Wildman–Crippen MR) is 134 cm³/mol. The van der Waals surface area contributed by atoms with Crippen molar-refractivity contribution in [3.8, 4) is 5.69 Å². The number of para-hydroxylation sites is 1. The molecule has 1 aliphatic rings. The molecule has 0 radical (unpaired) electrons.